The van der Waals surface area contributed by atoms with Crippen LogP contribution in [0.25, 0.3) is 0 Å². The molecular formula is C9H11BrO2S. The van der Waals surface area contributed by atoms with Crippen LogP contribution in [-0.4, -0.2) is 24.4 Å². The molecule has 1 fully saturated rings. The van der Waals surface area contributed by atoms with Crippen molar-refractivity contribution in [2.24, 2.45) is 5.92 Å². The van der Waals surface area contributed by atoms with Crippen molar-refractivity contribution < 1.29 is 9.84 Å². The van der Waals surface area contributed by atoms with Crippen LogP contribution in [0.4, 0.5) is 0 Å². The zero-order valence-corrected chi connectivity index (χ0v) is 9.47. The molecule has 0 spiro atoms. The third-order valence-electron chi connectivity index (χ3n) is 2.30. The molecule has 0 bridgehead atoms. The molecule has 1 aromatic rings. The quantitative estimate of drug-likeness (QED) is 0.885. The van der Waals surface area contributed by atoms with Gasteiger partial charge in [-0.15, -0.1) is 11.3 Å². The number of rotatable bonds is 2. The van der Waals surface area contributed by atoms with Crippen LogP contribution in [0.5, 0.6) is 0 Å². The molecule has 1 aliphatic rings. The molecule has 0 radical (unpaired) electrons. The van der Waals surface area contributed by atoms with Gasteiger partial charge in [-0.2, -0.15) is 0 Å². The smallest absolute Gasteiger partial charge is 0.0827 e. The van der Waals surface area contributed by atoms with E-state index in [1.807, 2.05) is 6.07 Å². The lowest BCUT2D eigenvalue weighted by atomic mass is 10.0. The Bertz CT molecular complexity index is 287. The fourth-order valence-corrected chi connectivity index (χ4v) is 3.10. The summed E-state index contributed by atoms with van der Waals surface area (Å²) in [4.78, 5) is 1.30. The van der Waals surface area contributed by atoms with Gasteiger partial charge in [0.2, 0.25) is 0 Å². The number of hydrogen-bond acceptors (Lipinski definition) is 3. The van der Waals surface area contributed by atoms with E-state index in [9.17, 15) is 5.11 Å². The predicted molar refractivity (Wildman–Crippen MR) is 56.0 cm³/mol. The van der Waals surface area contributed by atoms with E-state index in [4.69, 9.17) is 4.74 Å². The molecule has 2 rings (SSSR count). The predicted octanol–water partition coefficient (Wildman–Crippen LogP) is 2.06. The van der Waals surface area contributed by atoms with Gasteiger partial charge in [0.25, 0.3) is 0 Å². The van der Waals surface area contributed by atoms with Crippen LogP contribution in [0.3, 0.4) is 0 Å². The summed E-state index contributed by atoms with van der Waals surface area (Å²) in [5, 5.41) is 11.6. The average Bonchev–Trinajstić information content (AvgIpc) is 2.65. The van der Waals surface area contributed by atoms with Gasteiger partial charge < -0.3 is 9.84 Å². The Morgan fingerprint density at radius 3 is 3.00 bits per heavy atom. The minimum Gasteiger partial charge on any atom is -0.390 e. The van der Waals surface area contributed by atoms with Crippen LogP contribution < -0.4 is 0 Å². The summed E-state index contributed by atoms with van der Waals surface area (Å²) in [6, 6.07) is 2.04. The lowest BCUT2D eigenvalue weighted by Gasteiger charge is -2.10. The SMILES string of the molecule is OC1COCC1Cc1sccc1Br. The zero-order valence-electron chi connectivity index (χ0n) is 7.07. The molecule has 0 aliphatic carbocycles. The van der Waals surface area contributed by atoms with Crippen LogP contribution >= 0.6 is 27.3 Å². The van der Waals surface area contributed by atoms with Gasteiger partial charge in [-0.05, 0) is 33.8 Å². The van der Waals surface area contributed by atoms with Crippen LogP contribution in [0.2, 0.25) is 0 Å². The van der Waals surface area contributed by atoms with E-state index in [0.717, 1.165) is 10.9 Å². The Morgan fingerprint density at radius 1 is 1.62 bits per heavy atom. The highest BCUT2D eigenvalue weighted by Gasteiger charge is 2.26. The Hall–Kier alpha value is 0.100. The topological polar surface area (TPSA) is 29.5 Å². The van der Waals surface area contributed by atoms with Gasteiger partial charge in [0.15, 0.2) is 0 Å². The number of thiophene rings is 1. The van der Waals surface area contributed by atoms with E-state index in [1.165, 1.54) is 4.88 Å². The molecule has 0 aromatic carbocycles. The van der Waals surface area contributed by atoms with Crippen molar-refractivity contribution in [1.82, 2.24) is 0 Å². The fourth-order valence-electron chi connectivity index (χ4n) is 1.49. The summed E-state index contributed by atoms with van der Waals surface area (Å²) in [5.41, 5.74) is 0. The highest BCUT2D eigenvalue weighted by atomic mass is 79.9. The highest BCUT2D eigenvalue weighted by Crippen LogP contribution is 2.28. The summed E-state index contributed by atoms with van der Waals surface area (Å²) in [6.07, 6.45) is 0.633. The maximum Gasteiger partial charge on any atom is 0.0827 e. The van der Waals surface area contributed by atoms with Crippen LogP contribution in [-0.2, 0) is 11.2 Å². The highest BCUT2D eigenvalue weighted by molar-refractivity contribution is 9.10. The third-order valence-corrected chi connectivity index (χ3v) is 4.25. The maximum absolute atomic E-state index is 9.54. The van der Waals surface area contributed by atoms with Crippen molar-refractivity contribution in [3.05, 3.63) is 20.8 Å². The molecule has 1 aliphatic heterocycles. The van der Waals surface area contributed by atoms with Crippen LogP contribution in [0.1, 0.15) is 4.88 Å². The lowest BCUT2D eigenvalue weighted by Crippen LogP contribution is -2.19. The van der Waals surface area contributed by atoms with E-state index < -0.39 is 0 Å². The van der Waals surface area contributed by atoms with Crippen molar-refractivity contribution in [2.45, 2.75) is 12.5 Å². The fraction of sp³-hybridized carbons (Fsp3) is 0.556. The summed E-state index contributed by atoms with van der Waals surface area (Å²) >= 11 is 5.21. The van der Waals surface area contributed by atoms with Crippen molar-refractivity contribution in [3.63, 3.8) is 0 Å². The minimum absolute atomic E-state index is 0.273. The van der Waals surface area contributed by atoms with Gasteiger partial charge in [0.1, 0.15) is 0 Å². The first kappa shape index (κ1) is 9.65. The molecule has 1 aromatic heterocycles. The molecule has 2 heterocycles. The number of ether oxygens (including phenoxy) is 1. The Morgan fingerprint density at radius 2 is 2.46 bits per heavy atom. The van der Waals surface area contributed by atoms with Gasteiger partial charge in [-0.1, -0.05) is 0 Å². The van der Waals surface area contributed by atoms with E-state index in [2.05, 4.69) is 21.3 Å². The summed E-state index contributed by atoms with van der Waals surface area (Å²) < 4.78 is 6.35. The second-order valence-electron chi connectivity index (χ2n) is 3.26. The monoisotopic (exact) mass is 262 g/mol. The molecule has 1 N–H and O–H groups in total. The largest absolute Gasteiger partial charge is 0.390 e. The summed E-state index contributed by atoms with van der Waals surface area (Å²) in [7, 11) is 0. The first-order valence-electron chi connectivity index (χ1n) is 4.25. The molecule has 72 valence electrons. The minimum atomic E-state index is -0.283. The van der Waals surface area contributed by atoms with Crippen molar-refractivity contribution >= 4 is 27.3 Å². The lowest BCUT2D eigenvalue weighted by molar-refractivity contribution is 0.118. The van der Waals surface area contributed by atoms with E-state index >= 15 is 0 Å². The average molecular weight is 263 g/mol. The number of hydrogen-bond donors (Lipinski definition) is 1. The summed E-state index contributed by atoms with van der Waals surface area (Å²) in [6.45, 7) is 1.18. The van der Waals surface area contributed by atoms with Crippen LogP contribution in [0, 0.1) is 5.92 Å². The van der Waals surface area contributed by atoms with Crippen molar-refractivity contribution in [2.75, 3.05) is 13.2 Å². The van der Waals surface area contributed by atoms with E-state index in [0.29, 0.717) is 13.2 Å². The van der Waals surface area contributed by atoms with E-state index in [1.54, 1.807) is 11.3 Å². The van der Waals surface area contributed by atoms with Gasteiger partial charge in [0.05, 0.1) is 19.3 Å². The van der Waals surface area contributed by atoms with Gasteiger partial charge in [-0.3, -0.25) is 0 Å². The van der Waals surface area contributed by atoms with Crippen LogP contribution in [0.15, 0.2) is 15.9 Å². The number of aliphatic hydroxyl groups excluding tert-OH is 1. The Balaban J connectivity index is 2.01. The first-order chi connectivity index (χ1) is 6.27. The summed E-state index contributed by atoms with van der Waals surface area (Å²) in [5.74, 6) is 0.273. The molecule has 1 saturated heterocycles. The van der Waals surface area contributed by atoms with Gasteiger partial charge >= 0.3 is 0 Å². The van der Waals surface area contributed by atoms with Crippen molar-refractivity contribution in [3.8, 4) is 0 Å². The third kappa shape index (κ3) is 2.13. The Labute approximate surface area is 89.7 Å². The first-order valence-corrected chi connectivity index (χ1v) is 5.92. The normalized spacial score (nSPS) is 28.2. The van der Waals surface area contributed by atoms with Crippen molar-refractivity contribution in [1.29, 1.82) is 0 Å². The molecular weight excluding hydrogens is 252 g/mol. The molecule has 2 unspecified atom stereocenters. The molecule has 4 heteroatoms. The molecule has 0 saturated carbocycles. The van der Waals surface area contributed by atoms with Gasteiger partial charge in [-0.25, -0.2) is 0 Å². The molecule has 2 atom stereocenters. The molecule has 2 nitrogen and oxygen atoms in total. The molecule has 13 heavy (non-hydrogen) atoms. The second-order valence-corrected chi connectivity index (χ2v) is 5.12. The van der Waals surface area contributed by atoms with E-state index in [-0.39, 0.29) is 12.0 Å². The van der Waals surface area contributed by atoms with Gasteiger partial charge in [0, 0.05) is 15.3 Å². The molecule has 0 amide bonds. The Kier molecular flexibility index (Phi) is 3.03. The number of aliphatic hydroxyl groups is 1. The standard InChI is InChI=1S/C9H11BrO2S/c10-7-1-2-13-9(7)3-6-4-12-5-8(6)11/h1-2,6,8,11H,3-5H2. The number of halogens is 1. The second kappa shape index (κ2) is 4.09. The maximum atomic E-state index is 9.54. The zero-order chi connectivity index (χ0) is 9.26.